The number of aromatic nitrogens is 1. The number of aryl methyl sites for hydroxylation is 2. The molecule has 1 amide bonds. The van der Waals surface area contributed by atoms with E-state index in [-0.39, 0.29) is 16.4 Å². The average Bonchev–Trinajstić information content (AvgIpc) is 3.08. The first kappa shape index (κ1) is 19.0. The molecule has 0 aliphatic heterocycles. The van der Waals surface area contributed by atoms with Gasteiger partial charge in [-0.3, -0.25) is 4.79 Å². The number of hydrogen-bond donors (Lipinski definition) is 1. The number of rotatable bonds is 3. The van der Waals surface area contributed by atoms with Crippen molar-refractivity contribution in [3.8, 4) is 11.3 Å². The Morgan fingerprint density at radius 3 is 2.48 bits per heavy atom. The zero-order valence-electron chi connectivity index (χ0n) is 14.3. The molecule has 27 heavy (non-hydrogen) atoms. The van der Waals surface area contributed by atoms with Crippen molar-refractivity contribution in [2.24, 2.45) is 0 Å². The van der Waals surface area contributed by atoms with Crippen molar-refractivity contribution in [3.63, 3.8) is 0 Å². The summed E-state index contributed by atoms with van der Waals surface area (Å²) in [6, 6.07) is 9.73. The highest BCUT2D eigenvalue weighted by atomic mass is 35.5. The quantitative estimate of drug-likeness (QED) is 0.603. The largest absolute Gasteiger partial charge is 0.416 e. The molecule has 0 aliphatic carbocycles. The van der Waals surface area contributed by atoms with Gasteiger partial charge in [0.1, 0.15) is 0 Å². The maximum atomic E-state index is 12.8. The Morgan fingerprint density at radius 1 is 1.07 bits per heavy atom. The molecule has 2 aromatic carbocycles. The van der Waals surface area contributed by atoms with Crippen molar-refractivity contribution in [2.75, 3.05) is 5.32 Å². The second kappa shape index (κ2) is 7.08. The molecule has 0 saturated carbocycles. The zero-order valence-corrected chi connectivity index (χ0v) is 15.1. The Kier molecular flexibility index (Phi) is 4.97. The van der Waals surface area contributed by atoms with Gasteiger partial charge in [-0.15, -0.1) is 0 Å². The van der Waals surface area contributed by atoms with Crippen molar-refractivity contribution in [1.29, 1.82) is 0 Å². The first-order valence-corrected chi connectivity index (χ1v) is 8.25. The molecule has 0 bridgehead atoms. The highest BCUT2D eigenvalue weighted by molar-refractivity contribution is 6.33. The van der Waals surface area contributed by atoms with Crippen LogP contribution in [0.5, 0.6) is 0 Å². The molecule has 0 atom stereocenters. The standard InChI is InChI=1S/C19H14ClF3N2O2/c1-10-3-4-12(7-11(10)2)17-9-16(25-27-17)18(26)24-15-8-13(19(21,22)23)5-6-14(15)20/h3-9H,1-2H3,(H,24,26). The first-order valence-electron chi connectivity index (χ1n) is 7.87. The van der Waals surface area contributed by atoms with E-state index >= 15 is 0 Å². The molecule has 0 aliphatic rings. The number of halogens is 4. The molecule has 3 rings (SSSR count). The van der Waals surface area contributed by atoms with Crippen LogP contribution in [0.25, 0.3) is 11.3 Å². The molecule has 0 radical (unpaired) electrons. The number of hydrogen-bond acceptors (Lipinski definition) is 3. The van der Waals surface area contributed by atoms with Crippen molar-refractivity contribution in [1.82, 2.24) is 5.16 Å². The molecule has 4 nitrogen and oxygen atoms in total. The van der Waals surface area contributed by atoms with E-state index < -0.39 is 17.6 Å². The topological polar surface area (TPSA) is 55.1 Å². The highest BCUT2D eigenvalue weighted by Crippen LogP contribution is 2.34. The van der Waals surface area contributed by atoms with E-state index in [2.05, 4.69) is 10.5 Å². The van der Waals surface area contributed by atoms with Gasteiger partial charge in [0.15, 0.2) is 11.5 Å². The Labute approximate surface area is 157 Å². The average molecular weight is 395 g/mol. The summed E-state index contributed by atoms with van der Waals surface area (Å²) in [5.74, 6) is -0.353. The van der Waals surface area contributed by atoms with Crippen LogP contribution in [0.3, 0.4) is 0 Å². The number of anilines is 1. The summed E-state index contributed by atoms with van der Waals surface area (Å²) in [4.78, 5) is 12.3. The smallest absolute Gasteiger partial charge is 0.355 e. The van der Waals surface area contributed by atoms with Gasteiger partial charge in [-0.2, -0.15) is 13.2 Å². The number of carbonyl (C=O) groups is 1. The van der Waals surface area contributed by atoms with Gasteiger partial charge >= 0.3 is 6.18 Å². The van der Waals surface area contributed by atoms with Crippen LogP contribution in [0, 0.1) is 13.8 Å². The van der Waals surface area contributed by atoms with E-state index in [0.29, 0.717) is 5.76 Å². The van der Waals surface area contributed by atoms with Gasteiger partial charge in [-0.25, -0.2) is 0 Å². The van der Waals surface area contributed by atoms with Crippen LogP contribution >= 0.6 is 11.6 Å². The second-order valence-corrected chi connectivity index (χ2v) is 6.43. The van der Waals surface area contributed by atoms with Crippen molar-refractivity contribution in [3.05, 3.63) is 69.9 Å². The fraction of sp³-hybridized carbons (Fsp3) is 0.158. The number of nitrogens with one attached hydrogen (secondary N) is 1. The number of alkyl halides is 3. The van der Waals surface area contributed by atoms with Crippen LogP contribution in [0.2, 0.25) is 5.02 Å². The Balaban J connectivity index is 1.84. The van der Waals surface area contributed by atoms with Gasteiger partial charge in [-0.05, 0) is 49.2 Å². The number of carbonyl (C=O) groups excluding carboxylic acids is 1. The minimum absolute atomic E-state index is 0.0192. The molecule has 0 unspecified atom stereocenters. The fourth-order valence-electron chi connectivity index (χ4n) is 2.40. The summed E-state index contributed by atoms with van der Waals surface area (Å²) in [5.41, 5.74) is 1.74. The molecule has 0 spiro atoms. The third-order valence-electron chi connectivity index (χ3n) is 4.08. The van der Waals surface area contributed by atoms with E-state index in [0.717, 1.165) is 34.9 Å². The van der Waals surface area contributed by atoms with E-state index in [1.165, 1.54) is 6.07 Å². The molecule has 0 saturated heterocycles. The lowest BCUT2D eigenvalue weighted by molar-refractivity contribution is -0.137. The van der Waals surface area contributed by atoms with Gasteiger partial charge in [0.05, 0.1) is 16.3 Å². The summed E-state index contributed by atoms with van der Waals surface area (Å²) in [5, 5.41) is 6.00. The predicted molar refractivity (Wildman–Crippen MR) is 95.8 cm³/mol. The van der Waals surface area contributed by atoms with Crippen molar-refractivity contribution >= 4 is 23.2 Å². The molecule has 8 heteroatoms. The van der Waals surface area contributed by atoms with Gasteiger partial charge in [0, 0.05) is 11.6 Å². The predicted octanol–water partition coefficient (Wildman–Crippen LogP) is 5.88. The van der Waals surface area contributed by atoms with Gasteiger partial charge in [-0.1, -0.05) is 28.9 Å². The monoisotopic (exact) mass is 394 g/mol. The molecular formula is C19H14ClF3N2O2. The highest BCUT2D eigenvalue weighted by Gasteiger charge is 2.31. The first-order chi connectivity index (χ1) is 12.6. The van der Waals surface area contributed by atoms with Crippen LogP contribution in [0.1, 0.15) is 27.2 Å². The molecule has 1 N–H and O–H groups in total. The third kappa shape index (κ3) is 4.14. The molecule has 0 fully saturated rings. The van der Waals surface area contributed by atoms with E-state index in [1.807, 2.05) is 32.0 Å². The maximum absolute atomic E-state index is 12.8. The SMILES string of the molecule is Cc1ccc(-c2cc(C(=O)Nc3cc(C(F)(F)F)ccc3Cl)no2)cc1C. The van der Waals surface area contributed by atoms with Gasteiger partial charge in [0.2, 0.25) is 0 Å². The fourth-order valence-corrected chi connectivity index (χ4v) is 2.56. The van der Waals surface area contributed by atoms with Crippen LogP contribution in [-0.4, -0.2) is 11.1 Å². The summed E-state index contributed by atoms with van der Waals surface area (Å²) in [7, 11) is 0. The zero-order chi connectivity index (χ0) is 19.8. The van der Waals surface area contributed by atoms with Crippen LogP contribution in [0.4, 0.5) is 18.9 Å². The van der Waals surface area contributed by atoms with E-state index in [4.69, 9.17) is 16.1 Å². The lowest BCUT2D eigenvalue weighted by Crippen LogP contribution is -2.14. The number of nitrogens with zero attached hydrogens (tertiary/aromatic N) is 1. The summed E-state index contributed by atoms with van der Waals surface area (Å²) < 4.78 is 43.7. The minimum atomic E-state index is -4.55. The van der Waals surface area contributed by atoms with E-state index in [9.17, 15) is 18.0 Å². The third-order valence-corrected chi connectivity index (χ3v) is 4.41. The van der Waals surface area contributed by atoms with Crippen LogP contribution in [0.15, 0.2) is 47.0 Å². The molecule has 140 valence electrons. The number of benzene rings is 2. The summed E-state index contributed by atoms with van der Waals surface area (Å²) in [6.07, 6.45) is -4.55. The van der Waals surface area contributed by atoms with E-state index in [1.54, 1.807) is 0 Å². The Hall–Kier alpha value is -2.80. The summed E-state index contributed by atoms with van der Waals surface area (Å²) in [6.45, 7) is 3.91. The normalized spacial score (nSPS) is 11.5. The molecular weight excluding hydrogens is 381 g/mol. The molecule has 3 aromatic rings. The Bertz CT molecular complexity index is 1010. The lowest BCUT2D eigenvalue weighted by Gasteiger charge is -2.10. The Morgan fingerprint density at radius 2 is 1.81 bits per heavy atom. The van der Waals surface area contributed by atoms with Crippen molar-refractivity contribution in [2.45, 2.75) is 20.0 Å². The van der Waals surface area contributed by atoms with Crippen LogP contribution < -0.4 is 5.32 Å². The van der Waals surface area contributed by atoms with Gasteiger partial charge < -0.3 is 9.84 Å². The summed E-state index contributed by atoms with van der Waals surface area (Å²) >= 11 is 5.89. The minimum Gasteiger partial charge on any atom is -0.355 e. The van der Waals surface area contributed by atoms with Crippen LogP contribution in [-0.2, 0) is 6.18 Å². The lowest BCUT2D eigenvalue weighted by atomic mass is 10.0. The molecule has 1 heterocycles. The second-order valence-electron chi connectivity index (χ2n) is 6.02. The van der Waals surface area contributed by atoms with Crippen molar-refractivity contribution < 1.29 is 22.5 Å². The van der Waals surface area contributed by atoms with Gasteiger partial charge in [0.25, 0.3) is 5.91 Å². The molecule has 1 aromatic heterocycles. The number of amides is 1. The maximum Gasteiger partial charge on any atom is 0.416 e.